The van der Waals surface area contributed by atoms with Gasteiger partial charge >= 0.3 is 11.9 Å². The van der Waals surface area contributed by atoms with Gasteiger partial charge in [-0.25, -0.2) is 0 Å². The molecule has 1 heterocycles. The molecule has 9 nitrogen and oxygen atoms in total. The fraction of sp³-hybridized carbons (Fsp3) is 0.333. The summed E-state index contributed by atoms with van der Waals surface area (Å²) >= 11 is 0. The van der Waals surface area contributed by atoms with Gasteiger partial charge in [0.15, 0.2) is 0 Å². The number of nitrogens with one attached hydrogen (secondary N) is 2. The molecule has 0 saturated carbocycles. The summed E-state index contributed by atoms with van der Waals surface area (Å²) in [5, 5.41) is 28.7. The fourth-order valence-electron chi connectivity index (χ4n) is 1.70. The molecule has 0 bridgehead atoms. The average molecular weight is 294 g/mol. The van der Waals surface area contributed by atoms with Crippen molar-refractivity contribution in [2.45, 2.75) is 6.92 Å². The van der Waals surface area contributed by atoms with Crippen LogP contribution in [0.25, 0.3) is 0 Å². The summed E-state index contributed by atoms with van der Waals surface area (Å²) in [4.78, 5) is 36.7. The van der Waals surface area contributed by atoms with Gasteiger partial charge in [0.25, 0.3) is 0 Å². The van der Waals surface area contributed by atoms with Crippen LogP contribution < -0.4 is 5.32 Å². The van der Waals surface area contributed by atoms with Crippen LogP contribution in [0.2, 0.25) is 0 Å². The lowest BCUT2D eigenvalue weighted by molar-refractivity contribution is -0.142. The first kappa shape index (κ1) is 16.2. The van der Waals surface area contributed by atoms with Crippen molar-refractivity contribution in [1.82, 2.24) is 9.88 Å². The zero-order valence-electron chi connectivity index (χ0n) is 11.2. The molecule has 21 heavy (non-hydrogen) atoms. The minimum Gasteiger partial charge on any atom is -0.480 e. The van der Waals surface area contributed by atoms with Crippen molar-refractivity contribution in [3.05, 3.63) is 17.3 Å². The smallest absolute Gasteiger partial charge is 0.317 e. The Labute approximate surface area is 119 Å². The summed E-state index contributed by atoms with van der Waals surface area (Å²) in [6, 6.07) is 1.92. The molecule has 0 aliphatic heterocycles. The van der Waals surface area contributed by atoms with Crippen molar-refractivity contribution in [3.8, 4) is 6.07 Å². The summed E-state index contributed by atoms with van der Waals surface area (Å²) in [5.74, 6) is -2.89. The van der Waals surface area contributed by atoms with Crippen LogP contribution in [0, 0.1) is 18.3 Å². The van der Waals surface area contributed by atoms with Crippen molar-refractivity contribution in [1.29, 1.82) is 5.26 Å². The van der Waals surface area contributed by atoms with Crippen molar-refractivity contribution < 1.29 is 24.6 Å². The highest BCUT2D eigenvalue weighted by Gasteiger charge is 2.18. The van der Waals surface area contributed by atoms with Gasteiger partial charge in [0.05, 0.1) is 25.2 Å². The van der Waals surface area contributed by atoms with Gasteiger partial charge in [-0.3, -0.25) is 19.3 Å². The number of nitrogens with zero attached hydrogens (tertiary/aromatic N) is 2. The molecule has 1 aromatic heterocycles. The van der Waals surface area contributed by atoms with Gasteiger partial charge in [-0.05, 0) is 12.5 Å². The van der Waals surface area contributed by atoms with Gasteiger partial charge in [-0.15, -0.1) is 0 Å². The predicted molar refractivity (Wildman–Crippen MR) is 70.6 cm³/mol. The van der Waals surface area contributed by atoms with Crippen LogP contribution >= 0.6 is 0 Å². The lowest BCUT2D eigenvalue weighted by atomic mass is 10.2. The molecule has 0 fully saturated rings. The van der Waals surface area contributed by atoms with E-state index in [2.05, 4.69) is 10.3 Å². The molecule has 0 spiro atoms. The number of carbonyl (C=O) groups excluding carboxylic acids is 1. The second kappa shape index (κ2) is 7.06. The van der Waals surface area contributed by atoms with Crippen LogP contribution in [0.1, 0.15) is 11.1 Å². The van der Waals surface area contributed by atoms with Gasteiger partial charge < -0.3 is 20.5 Å². The maximum absolute atomic E-state index is 11.8. The van der Waals surface area contributed by atoms with E-state index >= 15 is 0 Å². The second-order valence-corrected chi connectivity index (χ2v) is 4.31. The van der Waals surface area contributed by atoms with Gasteiger partial charge in [-0.2, -0.15) is 5.26 Å². The minimum atomic E-state index is -1.24. The predicted octanol–water partition coefficient (Wildman–Crippen LogP) is -0.395. The third-order valence-corrected chi connectivity index (χ3v) is 2.54. The van der Waals surface area contributed by atoms with Crippen LogP contribution in [-0.4, -0.2) is 57.6 Å². The largest absolute Gasteiger partial charge is 0.480 e. The number of hydrogen-bond donors (Lipinski definition) is 4. The molecule has 0 aromatic carbocycles. The van der Waals surface area contributed by atoms with E-state index < -0.39 is 37.5 Å². The highest BCUT2D eigenvalue weighted by molar-refractivity contribution is 5.93. The van der Waals surface area contributed by atoms with Crippen LogP contribution in [0.3, 0.4) is 0 Å². The summed E-state index contributed by atoms with van der Waals surface area (Å²) in [6.45, 7) is 0.122. The van der Waals surface area contributed by atoms with Crippen LogP contribution in [0.4, 0.5) is 5.82 Å². The number of amides is 1. The highest BCUT2D eigenvalue weighted by Crippen LogP contribution is 2.16. The molecule has 1 rings (SSSR count). The zero-order chi connectivity index (χ0) is 16.0. The Balaban J connectivity index is 2.71. The molecule has 0 unspecified atom stereocenters. The van der Waals surface area contributed by atoms with E-state index in [1.165, 1.54) is 0 Å². The van der Waals surface area contributed by atoms with Crippen molar-refractivity contribution >= 4 is 23.7 Å². The quantitative estimate of drug-likeness (QED) is 0.535. The summed E-state index contributed by atoms with van der Waals surface area (Å²) in [7, 11) is 0. The van der Waals surface area contributed by atoms with E-state index in [1.807, 2.05) is 6.07 Å². The van der Waals surface area contributed by atoms with Gasteiger partial charge in [0.2, 0.25) is 5.91 Å². The molecule has 4 N–H and O–H groups in total. The van der Waals surface area contributed by atoms with Crippen molar-refractivity contribution in [2.24, 2.45) is 0 Å². The number of H-pyrrole nitrogens is 1. The van der Waals surface area contributed by atoms with Crippen LogP contribution in [0.5, 0.6) is 0 Å². The number of aromatic amines is 1. The third-order valence-electron chi connectivity index (χ3n) is 2.54. The van der Waals surface area contributed by atoms with E-state index in [9.17, 15) is 14.4 Å². The molecular formula is C12H14N4O5. The number of aryl methyl sites for hydroxylation is 1. The molecular weight excluding hydrogens is 280 g/mol. The maximum atomic E-state index is 11.8. The van der Waals surface area contributed by atoms with E-state index in [4.69, 9.17) is 15.5 Å². The van der Waals surface area contributed by atoms with Crippen molar-refractivity contribution in [3.63, 3.8) is 0 Å². The third kappa shape index (κ3) is 4.96. The fourth-order valence-corrected chi connectivity index (χ4v) is 1.70. The minimum absolute atomic E-state index is 0.200. The van der Waals surface area contributed by atoms with Gasteiger partial charge in [0, 0.05) is 6.20 Å². The standard InChI is InChI=1S/C12H14N4O5/c1-7-3-14-12(8(7)2-13)15-9(17)4-16(5-10(18)19)6-11(20)21/h3,14H,4-6H2,1H3,(H,15,17)(H,18,19)(H,20,21). The zero-order valence-corrected chi connectivity index (χ0v) is 11.2. The number of anilines is 1. The summed E-state index contributed by atoms with van der Waals surface area (Å²) in [5.41, 5.74) is 0.923. The Morgan fingerprint density at radius 2 is 1.86 bits per heavy atom. The number of aromatic nitrogens is 1. The first-order chi connectivity index (χ1) is 9.83. The molecule has 9 heteroatoms. The number of nitriles is 1. The van der Waals surface area contributed by atoms with Gasteiger partial charge in [-0.1, -0.05) is 0 Å². The summed E-state index contributed by atoms with van der Waals surface area (Å²) in [6.07, 6.45) is 1.54. The Hall–Kier alpha value is -2.86. The Morgan fingerprint density at radius 1 is 1.29 bits per heavy atom. The van der Waals surface area contributed by atoms with E-state index in [-0.39, 0.29) is 11.4 Å². The number of carboxylic acid groups (broad SMARTS) is 2. The van der Waals surface area contributed by atoms with E-state index in [1.54, 1.807) is 13.1 Å². The Kier molecular flexibility index (Phi) is 5.45. The molecule has 112 valence electrons. The SMILES string of the molecule is Cc1c[nH]c(NC(=O)CN(CC(=O)O)CC(=O)O)c1C#N. The van der Waals surface area contributed by atoms with E-state index in [0.29, 0.717) is 5.56 Å². The highest BCUT2D eigenvalue weighted by atomic mass is 16.4. The number of carbonyl (C=O) groups is 3. The summed E-state index contributed by atoms with van der Waals surface area (Å²) < 4.78 is 0. The second-order valence-electron chi connectivity index (χ2n) is 4.31. The number of rotatable bonds is 7. The molecule has 1 amide bonds. The molecule has 1 aromatic rings. The maximum Gasteiger partial charge on any atom is 0.317 e. The van der Waals surface area contributed by atoms with E-state index in [0.717, 1.165) is 4.90 Å². The molecule has 0 aliphatic rings. The lowest BCUT2D eigenvalue weighted by Gasteiger charge is -2.17. The number of aliphatic carboxylic acids is 2. The Bertz CT molecular complexity index is 585. The van der Waals surface area contributed by atoms with Crippen LogP contribution in [-0.2, 0) is 14.4 Å². The molecule has 0 atom stereocenters. The first-order valence-corrected chi connectivity index (χ1v) is 5.87. The number of hydrogen-bond acceptors (Lipinski definition) is 5. The first-order valence-electron chi connectivity index (χ1n) is 5.87. The molecule has 0 saturated heterocycles. The van der Waals surface area contributed by atoms with Crippen molar-refractivity contribution in [2.75, 3.05) is 25.0 Å². The normalized spacial score (nSPS) is 10.1. The molecule has 0 radical (unpaired) electrons. The average Bonchev–Trinajstić information content (AvgIpc) is 2.67. The molecule has 0 aliphatic carbocycles. The van der Waals surface area contributed by atoms with Gasteiger partial charge in [0.1, 0.15) is 11.9 Å². The van der Waals surface area contributed by atoms with Crippen LogP contribution in [0.15, 0.2) is 6.20 Å². The monoisotopic (exact) mass is 294 g/mol. The Morgan fingerprint density at radius 3 is 2.33 bits per heavy atom. The topological polar surface area (TPSA) is 147 Å². The lowest BCUT2D eigenvalue weighted by Crippen LogP contribution is -2.40. The number of carboxylic acids is 2.